The van der Waals surface area contributed by atoms with Crippen LogP contribution >= 0.6 is 0 Å². The molecule has 0 bridgehead atoms. The lowest BCUT2D eigenvalue weighted by Gasteiger charge is -2.63. The van der Waals surface area contributed by atoms with Crippen molar-refractivity contribution in [1.29, 1.82) is 0 Å². The minimum atomic E-state index is -2.60. The monoisotopic (exact) mass is 458 g/mol. The summed E-state index contributed by atoms with van der Waals surface area (Å²) in [6.07, 6.45) is 7.53. The first kappa shape index (κ1) is 19.9. The van der Waals surface area contributed by atoms with Crippen molar-refractivity contribution in [2.45, 2.75) is 50.6 Å². The summed E-state index contributed by atoms with van der Waals surface area (Å²) in [6, 6.07) is 0.169. The van der Waals surface area contributed by atoms with E-state index in [0.717, 1.165) is 69.3 Å². The molecule has 2 aliphatic carbocycles. The number of rotatable bonds is 5. The summed E-state index contributed by atoms with van der Waals surface area (Å²) in [6.45, 7) is 3.16. The van der Waals surface area contributed by atoms with Gasteiger partial charge in [-0.1, -0.05) is 0 Å². The fraction of sp³-hybridized carbons (Fsp3) is 0.727. The third-order valence-corrected chi connectivity index (χ3v) is 8.23. The Kier molecular flexibility index (Phi) is 4.06. The van der Waals surface area contributed by atoms with E-state index >= 15 is 0 Å². The maximum Gasteiger partial charge on any atom is 0.333 e. The Morgan fingerprint density at radius 3 is 2.39 bits per heavy atom. The molecule has 3 saturated heterocycles. The van der Waals surface area contributed by atoms with Gasteiger partial charge < -0.3 is 9.80 Å². The molecule has 3 aliphatic heterocycles. The molecule has 11 heteroatoms. The molecule has 5 heterocycles. The van der Waals surface area contributed by atoms with E-state index in [1.54, 1.807) is 0 Å². The largest absolute Gasteiger partial charge is 0.333 e. The highest BCUT2D eigenvalue weighted by Crippen LogP contribution is 2.56. The van der Waals surface area contributed by atoms with Crippen LogP contribution in [0.5, 0.6) is 0 Å². The van der Waals surface area contributed by atoms with Gasteiger partial charge in [-0.2, -0.15) is 19.0 Å². The van der Waals surface area contributed by atoms with E-state index < -0.39 is 6.55 Å². The SMILES string of the molecule is O=C(N1CC2(CC(c3nc(C4CC4)n[nH]3)C2)C1)N1CC2(CN(Cc3cnn(C(F)F)c3)C2)C1. The molecule has 7 rings (SSSR count). The van der Waals surface area contributed by atoms with Crippen LogP contribution in [0.3, 0.4) is 0 Å². The van der Waals surface area contributed by atoms with Crippen molar-refractivity contribution in [3.63, 3.8) is 0 Å². The average molecular weight is 459 g/mol. The number of likely N-dealkylation sites (tertiary alicyclic amines) is 3. The zero-order valence-corrected chi connectivity index (χ0v) is 18.5. The second-order valence-corrected chi connectivity index (χ2v) is 11.2. The number of urea groups is 1. The summed E-state index contributed by atoms with van der Waals surface area (Å²) in [4.78, 5) is 23.8. The zero-order valence-electron chi connectivity index (χ0n) is 18.5. The number of nitrogens with zero attached hydrogens (tertiary/aromatic N) is 7. The predicted octanol–water partition coefficient (Wildman–Crippen LogP) is 2.39. The molecule has 0 unspecified atom stereocenters. The smallest absolute Gasteiger partial charge is 0.323 e. The van der Waals surface area contributed by atoms with Gasteiger partial charge in [0.25, 0.3) is 0 Å². The first-order valence-electron chi connectivity index (χ1n) is 11.9. The molecule has 2 saturated carbocycles. The van der Waals surface area contributed by atoms with Crippen molar-refractivity contribution in [2.24, 2.45) is 10.8 Å². The van der Waals surface area contributed by atoms with Gasteiger partial charge in [-0.25, -0.2) is 14.5 Å². The number of hydrogen-bond acceptors (Lipinski definition) is 5. The number of amides is 2. The highest BCUT2D eigenvalue weighted by Gasteiger charge is 2.58. The van der Waals surface area contributed by atoms with E-state index in [0.29, 0.717) is 23.1 Å². The molecule has 2 aromatic rings. The van der Waals surface area contributed by atoms with Gasteiger partial charge in [0.15, 0.2) is 5.82 Å². The third-order valence-electron chi connectivity index (χ3n) is 8.23. The van der Waals surface area contributed by atoms with Crippen LogP contribution in [0.1, 0.15) is 61.3 Å². The van der Waals surface area contributed by atoms with Gasteiger partial charge in [0.05, 0.1) is 6.20 Å². The lowest BCUT2D eigenvalue weighted by Crippen LogP contribution is -2.75. The quantitative estimate of drug-likeness (QED) is 0.744. The van der Waals surface area contributed by atoms with Gasteiger partial charge >= 0.3 is 12.6 Å². The number of hydrogen-bond donors (Lipinski definition) is 1. The molecule has 2 amide bonds. The second kappa shape index (κ2) is 6.74. The molecule has 0 aromatic carbocycles. The fourth-order valence-electron chi connectivity index (χ4n) is 6.47. The Morgan fingerprint density at radius 2 is 1.76 bits per heavy atom. The Morgan fingerprint density at radius 1 is 1.06 bits per heavy atom. The van der Waals surface area contributed by atoms with E-state index in [1.807, 2.05) is 9.80 Å². The van der Waals surface area contributed by atoms with E-state index in [1.165, 1.54) is 25.2 Å². The molecule has 176 valence electrons. The average Bonchev–Trinajstić information content (AvgIpc) is 3.20. The van der Waals surface area contributed by atoms with Crippen LogP contribution in [-0.4, -0.2) is 85.0 Å². The lowest BCUT2D eigenvalue weighted by molar-refractivity contribution is -0.116. The maximum atomic E-state index is 12.9. The van der Waals surface area contributed by atoms with Crippen molar-refractivity contribution in [3.05, 3.63) is 29.6 Å². The summed E-state index contributed by atoms with van der Waals surface area (Å²) in [5, 5.41) is 11.2. The minimum absolute atomic E-state index is 0.169. The van der Waals surface area contributed by atoms with Crippen LogP contribution < -0.4 is 0 Å². The highest BCUT2D eigenvalue weighted by molar-refractivity contribution is 5.77. The van der Waals surface area contributed by atoms with Gasteiger partial charge in [-0.15, -0.1) is 0 Å². The molecular formula is C22H28F2N8O. The highest BCUT2D eigenvalue weighted by atomic mass is 19.3. The molecule has 0 radical (unpaired) electrons. The summed E-state index contributed by atoms with van der Waals surface area (Å²) in [5.41, 5.74) is 1.27. The molecule has 1 N–H and O–H groups in total. The van der Waals surface area contributed by atoms with Crippen LogP contribution in [0.2, 0.25) is 0 Å². The summed E-state index contributed by atoms with van der Waals surface area (Å²) in [5.74, 6) is 3.06. The molecule has 5 aliphatic rings. The fourth-order valence-corrected chi connectivity index (χ4v) is 6.47. The number of aromatic amines is 1. The molecular weight excluding hydrogens is 430 g/mol. The molecule has 5 fully saturated rings. The van der Waals surface area contributed by atoms with Crippen LogP contribution in [0.15, 0.2) is 12.4 Å². The van der Waals surface area contributed by atoms with Crippen LogP contribution in [-0.2, 0) is 6.54 Å². The van der Waals surface area contributed by atoms with Crippen molar-refractivity contribution >= 4 is 6.03 Å². The number of aromatic nitrogens is 5. The number of carbonyl (C=O) groups is 1. The number of alkyl halides is 2. The standard InChI is InChI=1S/C22H28F2N8O/c23-19(24)32-7-14(5-25-32)6-29-8-22(9-29)12-31(13-22)20(33)30-10-21(11-30)3-16(4-21)18-26-17(27-28-18)15-1-2-15/h5,7,15-16,19H,1-4,6,8-13H2,(H,26,27,28). The van der Waals surface area contributed by atoms with Gasteiger partial charge in [-0.3, -0.25) is 10.00 Å². The normalized spacial score (nSPS) is 25.8. The molecule has 0 atom stereocenters. The maximum absolute atomic E-state index is 12.9. The number of carbonyl (C=O) groups excluding carboxylic acids is 1. The number of H-pyrrole nitrogens is 1. The first-order chi connectivity index (χ1) is 15.9. The summed E-state index contributed by atoms with van der Waals surface area (Å²) < 4.78 is 26.0. The Labute approximate surface area is 190 Å². The van der Waals surface area contributed by atoms with Gasteiger partial charge in [0.2, 0.25) is 0 Å². The van der Waals surface area contributed by atoms with Gasteiger partial charge in [0.1, 0.15) is 5.82 Å². The lowest BCUT2D eigenvalue weighted by atomic mass is 9.57. The zero-order chi connectivity index (χ0) is 22.4. The van der Waals surface area contributed by atoms with Crippen molar-refractivity contribution in [1.82, 2.24) is 39.7 Å². The molecule has 2 aromatic heterocycles. The van der Waals surface area contributed by atoms with Crippen LogP contribution in [0.25, 0.3) is 0 Å². The summed E-state index contributed by atoms with van der Waals surface area (Å²) >= 11 is 0. The number of halogens is 2. The minimum Gasteiger partial charge on any atom is -0.323 e. The van der Waals surface area contributed by atoms with Crippen molar-refractivity contribution in [3.8, 4) is 0 Å². The number of nitrogens with one attached hydrogen (secondary N) is 1. The van der Waals surface area contributed by atoms with E-state index in [9.17, 15) is 13.6 Å². The van der Waals surface area contributed by atoms with Crippen molar-refractivity contribution in [2.75, 3.05) is 39.3 Å². The van der Waals surface area contributed by atoms with E-state index in [2.05, 4.69) is 20.2 Å². The van der Waals surface area contributed by atoms with Gasteiger partial charge in [-0.05, 0) is 25.7 Å². The molecule has 9 nitrogen and oxygen atoms in total. The van der Waals surface area contributed by atoms with Crippen LogP contribution in [0, 0.1) is 10.8 Å². The van der Waals surface area contributed by atoms with Gasteiger partial charge in [0, 0.05) is 80.2 Å². The molecule has 33 heavy (non-hydrogen) atoms. The van der Waals surface area contributed by atoms with E-state index in [-0.39, 0.29) is 16.9 Å². The Hall–Kier alpha value is -2.56. The Balaban J connectivity index is 0.845. The van der Waals surface area contributed by atoms with Crippen molar-refractivity contribution < 1.29 is 13.6 Å². The van der Waals surface area contributed by atoms with E-state index in [4.69, 9.17) is 4.98 Å². The third kappa shape index (κ3) is 3.26. The first-order valence-corrected chi connectivity index (χ1v) is 11.9. The summed E-state index contributed by atoms with van der Waals surface area (Å²) in [7, 11) is 0. The van der Waals surface area contributed by atoms with Crippen LogP contribution in [0.4, 0.5) is 13.6 Å². The topological polar surface area (TPSA) is 86.2 Å². The second-order valence-electron chi connectivity index (χ2n) is 11.2. The Bertz CT molecular complexity index is 1070. The molecule has 2 spiro atoms. The predicted molar refractivity (Wildman–Crippen MR) is 112 cm³/mol.